The molecule has 0 aliphatic heterocycles. The Bertz CT molecular complexity index is 1210. The molecule has 2 N–H and O–H groups in total. The molecule has 0 saturated carbocycles. The van der Waals surface area contributed by atoms with Crippen LogP contribution in [0.2, 0.25) is 0 Å². The zero-order valence-electron chi connectivity index (χ0n) is 17.0. The highest BCUT2D eigenvalue weighted by Gasteiger charge is 2.09. The molecule has 0 saturated heterocycles. The second-order valence-electron chi connectivity index (χ2n) is 6.44. The van der Waals surface area contributed by atoms with Crippen molar-refractivity contribution in [2.24, 2.45) is 5.10 Å². The van der Waals surface area contributed by atoms with E-state index >= 15 is 0 Å². The number of hydrogen-bond acceptors (Lipinski definition) is 6. The van der Waals surface area contributed by atoms with Crippen molar-refractivity contribution in [2.75, 3.05) is 6.54 Å². The van der Waals surface area contributed by atoms with E-state index in [0.717, 1.165) is 6.07 Å². The SMILES string of the molecule is O=C(CNC(=O)c1cccc(F)c1)NN=Cc1cc(Br)ccc1OC(=O)/C=C/c1ccco1. The number of carbonyl (C=O) groups is 3. The van der Waals surface area contributed by atoms with Gasteiger partial charge in [0.05, 0.1) is 19.0 Å². The molecule has 3 aromatic rings. The molecule has 0 unspecified atom stereocenters. The van der Waals surface area contributed by atoms with Crippen LogP contribution in [0.1, 0.15) is 21.7 Å². The number of halogens is 2. The second kappa shape index (κ2) is 11.5. The van der Waals surface area contributed by atoms with E-state index < -0.39 is 23.6 Å². The number of nitrogens with one attached hydrogen (secondary N) is 2. The zero-order chi connectivity index (χ0) is 23.6. The average molecular weight is 514 g/mol. The van der Waals surface area contributed by atoms with Crippen LogP contribution in [-0.2, 0) is 9.59 Å². The lowest BCUT2D eigenvalue weighted by Crippen LogP contribution is -2.34. The van der Waals surface area contributed by atoms with E-state index in [2.05, 4.69) is 31.8 Å². The molecule has 10 heteroatoms. The quantitative estimate of drug-likeness (QED) is 0.157. The molecule has 2 aromatic carbocycles. The summed E-state index contributed by atoms with van der Waals surface area (Å²) < 4.78 is 24.3. The van der Waals surface area contributed by atoms with Crippen molar-refractivity contribution in [3.63, 3.8) is 0 Å². The van der Waals surface area contributed by atoms with Gasteiger partial charge in [0.15, 0.2) is 0 Å². The van der Waals surface area contributed by atoms with Gasteiger partial charge in [0.1, 0.15) is 17.3 Å². The predicted octanol–water partition coefficient (Wildman–Crippen LogP) is 3.68. The van der Waals surface area contributed by atoms with E-state index in [9.17, 15) is 18.8 Å². The molecule has 0 bridgehead atoms. The summed E-state index contributed by atoms with van der Waals surface area (Å²) in [5.41, 5.74) is 2.75. The summed E-state index contributed by atoms with van der Waals surface area (Å²) in [5, 5.41) is 6.18. The van der Waals surface area contributed by atoms with E-state index in [1.54, 1.807) is 30.3 Å². The summed E-state index contributed by atoms with van der Waals surface area (Å²) in [4.78, 5) is 36.0. The molecule has 1 heterocycles. The Balaban J connectivity index is 1.55. The first-order valence-electron chi connectivity index (χ1n) is 9.49. The normalized spacial score (nSPS) is 11.0. The second-order valence-corrected chi connectivity index (χ2v) is 7.35. The lowest BCUT2D eigenvalue weighted by molar-refractivity contribution is -0.129. The largest absolute Gasteiger partial charge is 0.465 e. The van der Waals surface area contributed by atoms with Crippen LogP contribution in [0.25, 0.3) is 6.08 Å². The minimum atomic E-state index is -0.632. The Labute approximate surface area is 196 Å². The van der Waals surface area contributed by atoms with Gasteiger partial charge in [-0.3, -0.25) is 9.59 Å². The molecule has 0 spiro atoms. The molecule has 33 heavy (non-hydrogen) atoms. The first-order chi connectivity index (χ1) is 15.9. The molecule has 0 radical (unpaired) electrons. The van der Waals surface area contributed by atoms with E-state index in [1.807, 2.05) is 0 Å². The highest BCUT2D eigenvalue weighted by molar-refractivity contribution is 9.10. The third-order valence-electron chi connectivity index (χ3n) is 4.00. The van der Waals surface area contributed by atoms with E-state index in [4.69, 9.17) is 9.15 Å². The van der Waals surface area contributed by atoms with Crippen molar-refractivity contribution in [1.29, 1.82) is 0 Å². The average Bonchev–Trinajstić information content (AvgIpc) is 3.31. The smallest absolute Gasteiger partial charge is 0.336 e. The first-order valence-corrected chi connectivity index (χ1v) is 10.3. The topological polar surface area (TPSA) is 110 Å². The van der Waals surface area contributed by atoms with Crippen LogP contribution in [0.15, 0.2) is 80.9 Å². The van der Waals surface area contributed by atoms with Crippen molar-refractivity contribution in [1.82, 2.24) is 10.7 Å². The van der Waals surface area contributed by atoms with Crippen molar-refractivity contribution >= 4 is 46.0 Å². The zero-order valence-corrected chi connectivity index (χ0v) is 18.5. The van der Waals surface area contributed by atoms with E-state index in [0.29, 0.717) is 15.8 Å². The highest BCUT2D eigenvalue weighted by Crippen LogP contribution is 2.22. The van der Waals surface area contributed by atoms with Crippen molar-refractivity contribution in [2.45, 2.75) is 0 Å². The van der Waals surface area contributed by atoms with Crippen molar-refractivity contribution in [3.8, 4) is 5.75 Å². The maximum atomic E-state index is 13.2. The van der Waals surface area contributed by atoms with E-state index in [1.165, 1.54) is 42.8 Å². The number of nitrogens with zero attached hydrogens (tertiary/aromatic N) is 1. The van der Waals surface area contributed by atoms with Crippen LogP contribution >= 0.6 is 15.9 Å². The number of hydrogen-bond donors (Lipinski definition) is 2. The summed E-state index contributed by atoms with van der Waals surface area (Å²) in [6.07, 6.45) is 5.45. The maximum Gasteiger partial charge on any atom is 0.336 e. The molecular formula is C23H17BrFN3O5. The minimum absolute atomic E-state index is 0.0907. The lowest BCUT2D eigenvalue weighted by Gasteiger charge is -2.06. The highest BCUT2D eigenvalue weighted by atomic mass is 79.9. The Morgan fingerprint density at radius 2 is 1.97 bits per heavy atom. The number of furan rings is 1. The number of amides is 2. The molecule has 0 fully saturated rings. The van der Waals surface area contributed by atoms with Gasteiger partial charge in [-0.15, -0.1) is 0 Å². The number of benzene rings is 2. The third kappa shape index (κ3) is 7.54. The van der Waals surface area contributed by atoms with Gasteiger partial charge in [-0.05, 0) is 54.6 Å². The molecule has 0 aliphatic rings. The molecule has 0 atom stereocenters. The summed E-state index contributed by atoms with van der Waals surface area (Å²) in [6.45, 7) is -0.370. The maximum absolute atomic E-state index is 13.2. The monoisotopic (exact) mass is 513 g/mol. The summed E-state index contributed by atoms with van der Waals surface area (Å²) in [6, 6.07) is 13.3. The summed E-state index contributed by atoms with van der Waals surface area (Å²) in [7, 11) is 0. The number of ether oxygens (including phenoxy) is 1. The molecular weight excluding hydrogens is 497 g/mol. The number of hydrazone groups is 1. The predicted molar refractivity (Wildman–Crippen MR) is 122 cm³/mol. The molecule has 168 valence electrons. The first kappa shape index (κ1) is 23.6. The Morgan fingerprint density at radius 3 is 2.73 bits per heavy atom. The van der Waals surface area contributed by atoms with Gasteiger partial charge in [-0.1, -0.05) is 22.0 Å². The van der Waals surface area contributed by atoms with Crippen LogP contribution in [0.5, 0.6) is 5.75 Å². The van der Waals surface area contributed by atoms with Crippen LogP contribution < -0.4 is 15.5 Å². The van der Waals surface area contributed by atoms with Crippen LogP contribution in [0.3, 0.4) is 0 Å². The van der Waals surface area contributed by atoms with Crippen LogP contribution in [0, 0.1) is 5.82 Å². The molecule has 1 aromatic heterocycles. The number of esters is 1. The molecule has 8 nitrogen and oxygen atoms in total. The molecule has 0 aliphatic carbocycles. The standard InChI is InChI=1S/C23H17BrFN3O5/c24-17-6-8-20(33-22(30)9-7-19-5-2-10-32-19)16(11-17)13-27-28-21(29)14-26-23(31)15-3-1-4-18(25)12-15/h1-13H,14H2,(H,26,31)(H,28,29)/b9-7+,27-13?. The lowest BCUT2D eigenvalue weighted by atomic mass is 10.2. The number of rotatable bonds is 8. The Kier molecular flexibility index (Phi) is 8.25. The van der Waals surface area contributed by atoms with Gasteiger partial charge < -0.3 is 14.5 Å². The van der Waals surface area contributed by atoms with Gasteiger partial charge in [-0.25, -0.2) is 14.6 Å². The molecule has 2 amide bonds. The fourth-order valence-electron chi connectivity index (χ4n) is 2.50. The minimum Gasteiger partial charge on any atom is -0.465 e. The van der Waals surface area contributed by atoms with Gasteiger partial charge in [0.2, 0.25) is 0 Å². The van der Waals surface area contributed by atoms with Gasteiger partial charge in [0.25, 0.3) is 11.8 Å². The fraction of sp³-hybridized carbons (Fsp3) is 0.0435. The van der Waals surface area contributed by atoms with E-state index in [-0.39, 0.29) is 17.9 Å². The van der Waals surface area contributed by atoms with Crippen LogP contribution in [-0.4, -0.2) is 30.5 Å². The van der Waals surface area contributed by atoms with Gasteiger partial charge in [0, 0.05) is 21.7 Å². The third-order valence-corrected chi connectivity index (χ3v) is 4.49. The van der Waals surface area contributed by atoms with Crippen LogP contribution in [0.4, 0.5) is 4.39 Å². The summed E-state index contributed by atoms with van der Waals surface area (Å²) >= 11 is 3.32. The van der Waals surface area contributed by atoms with Gasteiger partial charge >= 0.3 is 5.97 Å². The Morgan fingerprint density at radius 1 is 1.12 bits per heavy atom. The Hall–Kier alpha value is -4.05. The fourth-order valence-corrected chi connectivity index (χ4v) is 2.88. The van der Waals surface area contributed by atoms with Crippen molar-refractivity contribution in [3.05, 3.63) is 94.1 Å². The summed E-state index contributed by atoms with van der Waals surface area (Å²) in [5.74, 6) is -1.68. The van der Waals surface area contributed by atoms with Gasteiger partial charge in [-0.2, -0.15) is 5.10 Å². The molecule has 3 rings (SSSR count). The van der Waals surface area contributed by atoms with Crippen molar-refractivity contribution < 1.29 is 27.9 Å². The number of carbonyl (C=O) groups excluding carboxylic acids is 3.